The van der Waals surface area contributed by atoms with Gasteiger partial charge in [-0.3, -0.25) is 0 Å². The van der Waals surface area contributed by atoms with E-state index in [0.29, 0.717) is 12.2 Å². The van der Waals surface area contributed by atoms with Crippen LogP contribution in [0.25, 0.3) is 0 Å². The van der Waals surface area contributed by atoms with E-state index in [-0.39, 0.29) is 15.7 Å². The van der Waals surface area contributed by atoms with E-state index < -0.39 is 29.4 Å². The zero-order valence-electron chi connectivity index (χ0n) is 13.7. The summed E-state index contributed by atoms with van der Waals surface area (Å²) >= 11 is 11.5. The smallest absolute Gasteiger partial charge is 0.434 e. The molecular formula is C16H15Cl2F3N4O2. The number of carboxylic acids is 1. The van der Waals surface area contributed by atoms with E-state index in [1.807, 2.05) is 0 Å². The molecule has 1 aromatic heterocycles. The molecule has 0 atom stereocenters. The molecule has 1 heterocycles. The number of aromatic nitrogens is 2. The SMILES string of the molecule is NC1CCC1.O=C(O)c1cnc(Nc2cc(Cl)cc(Cl)c2)nc1C(F)(F)F. The normalized spacial score (nSPS) is 14.0. The lowest BCUT2D eigenvalue weighted by molar-refractivity contribution is -0.141. The maximum atomic E-state index is 12.8. The van der Waals surface area contributed by atoms with Crippen molar-refractivity contribution in [2.24, 2.45) is 5.73 Å². The fourth-order valence-corrected chi connectivity index (χ4v) is 2.54. The van der Waals surface area contributed by atoms with Gasteiger partial charge in [-0.2, -0.15) is 13.2 Å². The van der Waals surface area contributed by atoms with Gasteiger partial charge in [-0.05, 0) is 31.0 Å². The van der Waals surface area contributed by atoms with Crippen molar-refractivity contribution >= 4 is 40.8 Å². The zero-order chi connectivity index (χ0) is 20.2. The summed E-state index contributed by atoms with van der Waals surface area (Å²) in [7, 11) is 0. The van der Waals surface area contributed by atoms with Crippen LogP contribution in [0.5, 0.6) is 0 Å². The van der Waals surface area contributed by atoms with Gasteiger partial charge in [0.1, 0.15) is 5.56 Å². The molecule has 0 spiro atoms. The van der Waals surface area contributed by atoms with E-state index in [0.717, 1.165) is 0 Å². The summed E-state index contributed by atoms with van der Waals surface area (Å²) in [4.78, 5) is 17.5. The summed E-state index contributed by atoms with van der Waals surface area (Å²) in [5.74, 6) is -2.21. The Morgan fingerprint density at radius 2 is 1.78 bits per heavy atom. The Hall–Kier alpha value is -2.10. The van der Waals surface area contributed by atoms with Gasteiger partial charge in [0.2, 0.25) is 5.95 Å². The topological polar surface area (TPSA) is 101 Å². The monoisotopic (exact) mass is 422 g/mol. The zero-order valence-corrected chi connectivity index (χ0v) is 15.2. The molecule has 0 aliphatic heterocycles. The number of halogens is 5. The summed E-state index contributed by atoms with van der Waals surface area (Å²) in [5, 5.41) is 11.7. The highest BCUT2D eigenvalue weighted by molar-refractivity contribution is 6.35. The van der Waals surface area contributed by atoms with Crippen molar-refractivity contribution in [3.63, 3.8) is 0 Å². The molecule has 1 aliphatic rings. The van der Waals surface area contributed by atoms with E-state index in [1.165, 1.54) is 37.5 Å². The first-order chi connectivity index (χ1) is 12.6. The van der Waals surface area contributed by atoms with Gasteiger partial charge in [0.05, 0.1) is 0 Å². The molecule has 2 aromatic rings. The van der Waals surface area contributed by atoms with E-state index in [1.54, 1.807) is 0 Å². The van der Waals surface area contributed by atoms with Crippen LogP contribution in [-0.2, 0) is 6.18 Å². The van der Waals surface area contributed by atoms with Crippen LogP contribution in [0.3, 0.4) is 0 Å². The molecule has 1 aliphatic carbocycles. The third kappa shape index (κ3) is 6.23. The number of hydrogen-bond donors (Lipinski definition) is 3. The Balaban J connectivity index is 0.000000451. The van der Waals surface area contributed by atoms with Crippen LogP contribution in [0.15, 0.2) is 24.4 Å². The number of carbonyl (C=O) groups is 1. The van der Waals surface area contributed by atoms with Gasteiger partial charge in [0.25, 0.3) is 0 Å². The highest BCUT2D eigenvalue weighted by atomic mass is 35.5. The van der Waals surface area contributed by atoms with Crippen LogP contribution in [0, 0.1) is 0 Å². The van der Waals surface area contributed by atoms with Gasteiger partial charge >= 0.3 is 12.1 Å². The van der Waals surface area contributed by atoms with Crippen molar-refractivity contribution < 1.29 is 23.1 Å². The third-order valence-electron chi connectivity index (χ3n) is 3.56. The van der Waals surface area contributed by atoms with Gasteiger partial charge in [-0.15, -0.1) is 0 Å². The van der Waals surface area contributed by atoms with Crippen molar-refractivity contribution in [1.82, 2.24) is 9.97 Å². The summed E-state index contributed by atoms with van der Waals surface area (Å²) < 4.78 is 38.5. The Labute approximate surface area is 162 Å². The number of hydrogen-bond acceptors (Lipinski definition) is 5. The summed E-state index contributed by atoms with van der Waals surface area (Å²) in [6.45, 7) is 0. The molecule has 1 fully saturated rings. The first-order valence-corrected chi connectivity index (χ1v) is 8.48. The minimum Gasteiger partial charge on any atom is -0.478 e. The second kappa shape index (κ2) is 8.73. The van der Waals surface area contributed by atoms with Crippen LogP contribution >= 0.6 is 23.2 Å². The predicted octanol–water partition coefficient (Wildman–Crippen LogP) is 4.74. The van der Waals surface area contributed by atoms with Gasteiger partial charge < -0.3 is 16.2 Å². The highest BCUT2D eigenvalue weighted by Crippen LogP contribution is 2.31. The second-order valence-electron chi connectivity index (χ2n) is 5.73. The second-order valence-corrected chi connectivity index (χ2v) is 6.61. The average molecular weight is 423 g/mol. The van der Waals surface area contributed by atoms with Crippen LogP contribution in [0.1, 0.15) is 35.3 Å². The van der Waals surface area contributed by atoms with Crippen molar-refractivity contribution in [2.45, 2.75) is 31.5 Å². The fraction of sp³-hybridized carbons (Fsp3) is 0.312. The quantitative estimate of drug-likeness (QED) is 0.659. The molecule has 1 saturated carbocycles. The molecule has 6 nitrogen and oxygen atoms in total. The molecule has 0 unspecified atom stereocenters. The molecule has 146 valence electrons. The maximum absolute atomic E-state index is 12.8. The Morgan fingerprint density at radius 1 is 1.22 bits per heavy atom. The lowest BCUT2D eigenvalue weighted by Gasteiger charge is -2.18. The minimum absolute atomic E-state index is 0.258. The van der Waals surface area contributed by atoms with Gasteiger partial charge in [-0.1, -0.05) is 29.6 Å². The summed E-state index contributed by atoms with van der Waals surface area (Å²) in [6, 6.07) is 4.80. The van der Waals surface area contributed by atoms with Crippen molar-refractivity contribution in [3.8, 4) is 0 Å². The first-order valence-electron chi connectivity index (χ1n) is 7.72. The summed E-state index contributed by atoms with van der Waals surface area (Å²) in [5.41, 5.74) is 3.05. The number of nitrogens with one attached hydrogen (secondary N) is 1. The molecule has 1 aromatic carbocycles. The lowest BCUT2D eigenvalue weighted by atomic mass is 9.95. The number of benzene rings is 1. The lowest BCUT2D eigenvalue weighted by Crippen LogP contribution is -2.27. The predicted molar refractivity (Wildman–Crippen MR) is 95.6 cm³/mol. The fourth-order valence-electron chi connectivity index (χ4n) is 2.01. The van der Waals surface area contributed by atoms with Gasteiger partial charge in [-0.25, -0.2) is 14.8 Å². The number of anilines is 2. The van der Waals surface area contributed by atoms with Gasteiger partial charge in [0.15, 0.2) is 5.69 Å². The Bertz CT molecular complexity index is 810. The van der Waals surface area contributed by atoms with Crippen LogP contribution in [0.2, 0.25) is 10.0 Å². The maximum Gasteiger partial charge on any atom is 0.434 e. The molecular weight excluding hydrogens is 408 g/mol. The van der Waals surface area contributed by atoms with Gasteiger partial charge in [0, 0.05) is 28.0 Å². The van der Waals surface area contributed by atoms with Crippen LogP contribution in [-0.4, -0.2) is 27.1 Å². The first kappa shape index (κ1) is 21.2. The van der Waals surface area contributed by atoms with E-state index in [2.05, 4.69) is 15.3 Å². The number of rotatable bonds is 3. The highest BCUT2D eigenvalue weighted by Gasteiger charge is 2.38. The van der Waals surface area contributed by atoms with Crippen molar-refractivity contribution in [3.05, 3.63) is 45.7 Å². The molecule has 4 N–H and O–H groups in total. The Morgan fingerprint density at radius 3 is 2.19 bits per heavy atom. The molecule has 27 heavy (non-hydrogen) atoms. The number of nitrogens with zero attached hydrogens (tertiary/aromatic N) is 2. The van der Waals surface area contributed by atoms with Crippen LogP contribution in [0.4, 0.5) is 24.8 Å². The van der Waals surface area contributed by atoms with E-state index >= 15 is 0 Å². The van der Waals surface area contributed by atoms with E-state index in [4.69, 9.17) is 34.0 Å². The minimum atomic E-state index is -4.93. The molecule has 0 saturated heterocycles. The van der Waals surface area contributed by atoms with Crippen LogP contribution < -0.4 is 11.1 Å². The molecule has 0 radical (unpaired) electrons. The standard InChI is InChI=1S/C12H6Cl2F3N3O2.C4H9N/c13-5-1-6(14)3-7(2-5)19-11-18-4-8(10(21)22)9(20-11)12(15,16)17;5-4-2-1-3-4/h1-4H,(H,21,22)(H,18,19,20);4H,1-3,5H2. The van der Waals surface area contributed by atoms with Crippen molar-refractivity contribution in [1.29, 1.82) is 0 Å². The molecule has 0 bridgehead atoms. The summed E-state index contributed by atoms with van der Waals surface area (Å²) in [6.07, 6.45) is -0.465. The largest absolute Gasteiger partial charge is 0.478 e. The average Bonchev–Trinajstić information content (AvgIpc) is 2.51. The number of carboxylic acid groups (broad SMARTS) is 1. The number of alkyl halides is 3. The third-order valence-corrected chi connectivity index (χ3v) is 3.99. The van der Waals surface area contributed by atoms with Crippen molar-refractivity contribution in [2.75, 3.05) is 5.32 Å². The molecule has 3 rings (SSSR count). The number of nitrogens with two attached hydrogens (primary N) is 1. The Kier molecular flexibility index (Phi) is 6.85. The number of aromatic carboxylic acids is 1. The van der Waals surface area contributed by atoms with E-state index in [9.17, 15) is 18.0 Å². The molecule has 11 heteroatoms. The molecule has 0 amide bonds.